The molecule has 0 atom stereocenters. The number of hydrogen-bond acceptors (Lipinski definition) is 0. The van der Waals surface area contributed by atoms with Gasteiger partial charge >= 0.3 is 0 Å². The summed E-state index contributed by atoms with van der Waals surface area (Å²) in [5.74, 6) is 0. The Morgan fingerprint density at radius 2 is 0.587 bits per heavy atom. The standard InChI is InChI=1S/C44H54Si2/c1-43(2,3)35-21-27-39(31-17-23-37(24-18-31)45(7,8)9)41(29-35)33-13-15-34(16-14-33)42-30-36(44(4,5)6)22-28-40(42)32-19-25-38(26-20-32)46(10,11)12/h13-30H,1-12H3. The summed E-state index contributed by atoms with van der Waals surface area (Å²) in [5, 5.41) is 2.99. The molecule has 0 spiro atoms. The van der Waals surface area contributed by atoms with E-state index in [1.165, 1.54) is 66.0 Å². The van der Waals surface area contributed by atoms with E-state index in [4.69, 9.17) is 0 Å². The highest BCUT2D eigenvalue weighted by Crippen LogP contribution is 2.39. The van der Waals surface area contributed by atoms with Crippen molar-refractivity contribution in [3.05, 3.63) is 120 Å². The number of hydrogen-bond donors (Lipinski definition) is 0. The van der Waals surface area contributed by atoms with Crippen LogP contribution in [0.5, 0.6) is 0 Å². The van der Waals surface area contributed by atoms with Gasteiger partial charge in [-0.15, -0.1) is 0 Å². The highest BCUT2D eigenvalue weighted by atomic mass is 28.3. The molecule has 0 aliphatic carbocycles. The van der Waals surface area contributed by atoms with Crippen LogP contribution in [0.1, 0.15) is 52.7 Å². The van der Waals surface area contributed by atoms with Crippen molar-refractivity contribution < 1.29 is 0 Å². The van der Waals surface area contributed by atoms with Crippen molar-refractivity contribution in [1.82, 2.24) is 0 Å². The molecule has 0 heterocycles. The van der Waals surface area contributed by atoms with Crippen molar-refractivity contribution in [1.29, 1.82) is 0 Å². The fraction of sp³-hybridized carbons (Fsp3) is 0.318. The molecular formula is C44H54Si2. The lowest BCUT2D eigenvalue weighted by atomic mass is 9.82. The molecule has 0 N–H and O–H groups in total. The van der Waals surface area contributed by atoms with Crippen LogP contribution in [-0.2, 0) is 10.8 Å². The summed E-state index contributed by atoms with van der Waals surface area (Å²) < 4.78 is 0. The van der Waals surface area contributed by atoms with Gasteiger partial charge in [-0.3, -0.25) is 0 Å². The third kappa shape index (κ3) is 7.40. The first-order valence-electron chi connectivity index (χ1n) is 16.9. The highest BCUT2D eigenvalue weighted by Gasteiger charge is 2.21. The Kier molecular flexibility index (Phi) is 9.05. The lowest BCUT2D eigenvalue weighted by molar-refractivity contribution is 0.590. The highest BCUT2D eigenvalue weighted by molar-refractivity contribution is 6.89. The molecule has 0 amide bonds. The maximum Gasteiger partial charge on any atom is 0.0775 e. The lowest BCUT2D eigenvalue weighted by Crippen LogP contribution is -2.37. The number of rotatable bonds is 6. The second-order valence-electron chi connectivity index (χ2n) is 17.3. The van der Waals surface area contributed by atoms with E-state index in [0.717, 1.165) is 0 Å². The summed E-state index contributed by atoms with van der Waals surface area (Å²) in [7, 11) is -2.72. The molecule has 0 aromatic heterocycles. The summed E-state index contributed by atoms with van der Waals surface area (Å²) in [6.07, 6.45) is 0. The molecule has 5 aromatic carbocycles. The maximum absolute atomic E-state index is 2.42. The van der Waals surface area contributed by atoms with Crippen molar-refractivity contribution in [2.75, 3.05) is 0 Å². The quantitative estimate of drug-likeness (QED) is 0.162. The Bertz CT molecular complexity index is 1670. The van der Waals surface area contributed by atoms with Gasteiger partial charge in [0, 0.05) is 0 Å². The van der Waals surface area contributed by atoms with Gasteiger partial charge in [-0.25, -0.2) is 0 Å². The first-order valence-corrected chi connectivity index (χ1v) is 23.9. The molecule has 0 nitrogen and oxygen atoms in total. The smallest absolute Gasteiger partial charge is 0.0656 e. The van der Waals surface area contributed by atoms with Crippen LogP contribution in [0.2, 0.25) is 39.3 Å². The van der Waals surface area contributed by atoms with Gasteiger partial charge in [-0.2, -0.15) is 0 Å². The van der Waals surface area contributed by atoms with Crippen LogP contribution < -0.4 is 10.4 Å². The molecule has 5 rings (SSSR count). The van der Waals surface area contributed by atoms with Crippen LogP contribution in [0, 0.1) is 0 Å². The van der Waals surface area contributed by atoms with Crippen LogP contribution in [-0.4, -0.2) is 16.1 Å². The normalized spacial score (nSPS) is 12.8. The van der Waals surface area contributed by atoms with E-state index in [0.29, 0.717) is 0 Å². The summed E-state index contributed by atoms with van der Waals surface area (Å²) in [6, 6.07) is 42.2. The minimum atomic E-state index is -1.36. The maximum atomic E-state index is 2.42. The molecule has 0 fully saturated rings. The molecule has 0 radical (unpaired) electrons. The molecule has 46 heavy (non-hydrogen) atoms. The molecule has 0 saturated heterocycles. The Hall–Kier alpha value is -3.47. The van der Waals surface area contributed by atoms with E-state index in [1.807, 2.05) is 0 Å². The zero-order valence-electron chi connectivity index (χ0n) is 30.4. The van der Waals surface area contributed by atoms with Gasteiger partial charge in [0.15, 0.2) is 0 Å². The largest absolute Gasteiger partial charge is 0.0775 e. The van der Waals surface area contributed by atoms with Crippen molar-refractivity contribution in [3.8, 4) is 44.5 Å². The predicted molar refractivity (Wildman–Crippen MR) is 212 cm³/mol. The third-order valence-corrected chi connectivity index (χ3v) is 13.5. The Labute approximate surface area is 282 Å². The molecule has 238 valence electrons. The SMILES string of the molecule is CC(C)(C)c1ccc(-c2ccc([Si](C)(C)C)cc2)c(-c2ccc(-c3cc(C(C)(C)C)ccc3-c3ccc([Si](C)(C)C)cc3)cc2)c1. The van der Waals surface area contributed by atoms with Gasteiger partial charge in [0.25, 0.3) is 0 Å². The second kappa shape index (κ2) is 12.3. The van der Waals surface area contributed by atoms with E-state index in [9.17, 15) is 0 Å². The van der Waals surface area contributed by atoms with Gasteiger partial charge in [-0.1, -0.05) is 200 Å². The van der Waals surface area contributed by atoms with E-state index in [-0.39, 0.29) is 10.8 Å². The molecule has 0 bridgehead atoms. The summed E-state index contributed by atoms with van der Waals surface area (Å²) in [4.78, 5) is 0. The molecule has 0 saturated carbocycles. The topological polar surface area (TPSA) is 0 Å². The van der Waals surface area contributed by atoms with Crippen molar-refractivity contribution >= 4 is 26.5 Å². The average Bonchev–Trinajstić information content (AvgIpc) is 2.99. The Morgan fingerprint density at radius 1 is 0.326 bits per heavy atom. The molecule has 0 unspecified atom stereocenters. The molecular weight excluding hydrogens is 585 g/mol. The van der Waals surface area contributed by atoms with E-state index >= 15 is 0 Å². The molecule has 0 aliphatic rings. The first-order chi connectivity index (χ1) is 21.3. The molecule has 5 aromatic rings. The lowest BCUT2D eigenvalue weighted by Gasteiger charge is -2.23. The number of benzene rings is 5. The second-order valence-corrected chi connectivity index (χ2v) is 27.4. The zero-order chi connectivity index (χ0) is 33.7. The van der Waals surface area contributed by atoms with Gasteiger partial charge in [-0.05, 0) is 66.5 Å². The van der Waals surface area contributed by atoms with E-state index in [1.54, 1.807) is 0 Å². The van der Waals surface area contributed by atoms with Gasteiger partial charge < -0.3 is 0 Å². The fourth-order valence-electron chi connectivity index (χ4n) is 6.13. The minimum absolute atomic E-state index is 0.0717. The molecule has 2 heteroatoms. The van der Waals surface area contributed by atoms with Crippen LogP contribution >= 0.6 is 0 Å². The first kappa shape index (κ1) is 33.9. The van der Waals surface area contributed by atoms with Crippen LogP contribution in [0.15, 0.2) is 109 Å². The van der Waals surface area contributed by atoms with Crippen LogP contribution in [0.4, 0.5) is 0 Å². The predicted octanol–water partition coefficient (Wildman–Crippen LogP) is 12.0. The monoisotopic (exact) mass is 638 g/mol. The average molecular weight is 639 g/mol. The summed E-state index contributed by atoms with van der Waals surface area (Å²) >= 11 is 0. The van der Waals surface area contributed by atoms with E-state index < -0.39 is 16.1 Å². The van der Waals surface area contributed by atoms with Crippen LogP contribution in [0.3, 0.4) is 0 Å². The summed E-state index contributed by atoms with van der Waals surface area (Å²) in [5.41, 5.74) is 13.1. The van der Waals surface area contributed by atoms with Crippen molar-refractivity contribution in [2.24, 2.45) is 0 Å². The summed E-state index contributed by atoms with van der Waals surface area (Å²) in [6.45, 7) is 28.3. The zero-order valence-corrected chi connectivity index (χ0v) is 32.4. The van der Waals surface area contributed by atoms with Gasteiger partial charge in [0.2, 0.25) is 0 Å². The van der Waals surface area contributed by atoms with Gasteiger partial charge in [0.1, 0.15) is 0 Å². The third-order valence-electron chi connectivity index (χ3n) is 9.40. The Balaban J connectivity index is 1.62. The minimum Gasteiger partial charge on any atom is -0.0656 e. The fourth-order valence-corrected chi connectivity index (χ4v) is 8.46. The van der Waals surface area contributed by atoms with Crippen molar-refractivity contribution in [3.63, 3.8) is 0 Å². The van der Waals surface area contributed by atoms with Gasteiger partial charge in [0.05, 0.1) is 16.1 Å². The Morgan fingerprint density at radius 3 is 0.848 bits per heavy atom. The molecule has 0 aliphatic heterocycles. The van der Waals surface area contributed by atoms with Crippen molar-refractivity contribution in [2.45, 2.75) is 91.7 Å². The van der Waals surface area contributed by atoms with Crippen LogP contribution in [0.25, 0.3) is 44.5 Å². The van der Waals surface area contributed by atoms with E-state index in [2.05, 4.69) is 190 Å².